The molecule has 0 saturated heterocycles. The average Bonchev–Trinajstić information content (AvgIpc) is 2.67. The summed E-state index contributed by atoms with van der Waals surface area (Å²) in [5.41, 5.74) is 1.32. The first-order chi connectivity index (χ1) is 12.8. The Kier molecular flexibility index (Phi) is 7.33. The summed E-state index contributed by atoms with van der Waals surface area (Å²) in [6.07, 6.45) is 5.31. The first-order valence-corrected chi connectivity index (χ1v) is 10.3. The number of allylic oxidation sites excluding steroid dienone is 1. The molecule has 0 amide bonds. The summed E-state index contributed by atoms with van der Waals surface area (Å²) in [4.78, 5) is 12.4. The Morgan fingerprint density at radius 1 is 1.04 bits per heavy atom. The predicted molar refractivity (Wildman–Crippen MR) is 108 cm³/mol. The van der Waals surface area contributed by atoms with Crippen LogP contribution in [-0.4, -0.2) is 39.2 Å². The van der Waals surface area contributed by atoms with Crippen molar-refractivity contribution in [1.29, 1.82) is 0 Å². The standard InChI is InChI=1S/C21H25NO4S/c1-4-5-16-26-19-11-6-17(7-12-19)8-15-21(23)18-9-13-20(14-10-18)27(24,25)22(2)3/h6-15H,4-5,16H2,1-3H3. The van der Waals surface area contributed by atoms with Crippen LogP contribution in [0.2, 0.25) is 0 Å². The molecule has 0 aliphatic carbocycles. The largest absolute Gasteiger partial charge is 0.494 e. The maximum atomic E-state index is 12.3. The maximum absolute atomic E-state index is 12.3. The molecule has 6 heteroatoms. The molecular formula is C21H25NO4S. The van der Waals surface area contributed by atoms with E-state index >= 15 is 0 Å². The molecule has 2 aromatic carbocycles. The fourth-order valence-corrected chi connectivity index (χ4v) is 3.18. The van der Waals surface area contributed by atoms with Gasteiger partial charge in [-0.15, -0.1) is 0 Å². The number of carbonyl (C=O) groups excluding carboxylic acids is 1. The van der Waals surface area contributed by atoms with Crippen LogP contribution in [0.3, 0.4) is 0 Å². The number of ether oxygens (including phenoxy) is 1. The van der Waals surface area contributed by atoms with Crippen LogP contribution in [0.15, 0.2) is 59.5 Å². The molecule has 0 aliphatic heterocycles. The molecule has 0 spiro atoms. The third-order valence-electron chi connectivity index (χ3n) is 3.99. The van der Waals surface area contributed by atoms with Gasteiger partial charge in [-0.2, -0.15) is 0 Å². The van der Waals surface area contributed by atoms with Crippen molar-refractivity contribution in [3.63, 3.8) is 0 Å². The second kappa shape index (κ2) is 9.48. The summed E-state index contributed by atoms with van der Waals surface area (Å²) in [5, 5.41) is 0. The summed E-state index contributed by atoms with van der Waals surface area (Å²) < 4.78 is 30.8. The normalized spacial score (nSPS) is 11.9. The van der Waals surface area contributed by atoms with Gasteiger partial charge >= 0.3 is 0 Å². The van der Waals surface area contributed by atoms with E-state index in [9.17, 15) is 13.2 Å². The van der Waals surface area contributed by atoms with Crippen molar-refractivity contribution in [2.75, 3.05) is 20.7 Å². The lowest BCUT2D eigenvalue weighted by Crippen LogP contribution is -2.22. The summed E-state index contributed by atoms with van der Waals surface area (Å²) in [5.74, 6) is 0.622. The van der Waals surface area contributed by atoms with Gasteiger partial charge in [-0.05, 0) is 54.5 Å². The predicted octanol–water partition coefficient (Wildman–Crippen LogP) is 4.01. The van der Waals surface area contributed by atoms with E-state index in [1.54, 1.807) is 6.08 Å². The van der Waals surface area contributed by atoms with Gasteiger partial charge in [0.05, 0.1) is 11.5 Å². The Morgan fingerprint density at radius 3 is 2.22 bits per heavy atom. The van der Waals surface area contributed by atoms with E-state index in [0.717, 1.165) is 28.5 Å². The van der Waals surface area contributed by atoms with Gasteiger partial charge in [0.2, 0.25) is 10.0 Å². The minimum Gasteiger partial charge on any atom is -0.494 e. The van der Waals surface area contributed by atoms with Gasteiger partial charge in [0.1, 0.15) is 5.75 Å². The van der Waals surface area contributed by atoms with Crippen LogP contribution in [0, 0.1) is 0 Å². The fourth-order valence-electron chi connectivity index (χ4n) is 2.28. The van der Waals surface area contributed by atoms with Gasteiger partial charge in [0.15, 0.2) is 5.78 Å². The molecule has 2 aromatic rings. The van der Waals surface area contributed by atoms with E-state index < -0.39 is 10.0 Å². The molecule has 0 radical (unpaired) electrons. The van der Waals surface area contributed by atoms with Gasteiger partial charge < -0.3 is 4.74 Å². The SMILES string of the molecule is CCCCOc1ccc(C=CC(=O)c2ccc(S(=O)(=O)N(C)C)cc2)cc1. The molecule has 5 nitrogen and oxygen atoms in total. The van der Waals surface area contributed by atoms with Crippen LogP contribution in [0.4, 0.5) is 0 Å². The Hall–Kier alpha value is -2.44. The van der Waals surface area contributed by atoms with Crippen molar-refractivity contribution in [2.24, 2.45) is 0 Å². The number of ketones is 1. The second-order valence-electron chi connectivity index (χ2n) is 6.28. The minimum absolute atomic E-state index is 0.159. The first-order valence-electron chi connectivity index (χ1n) is 8.82. The molecule has 0 aromatic heterocycles. The van der Waals surface area contributed by atoms with E-state index in [0.29, 0.717) is 12.2 Å². The lowest BCUT2D eigenvalue weighted by molar-refractivity contribution is 0.104. The van der Waals surface area contributed by atoms with Gasteiger partial charge in [-0.25, -0.2) is 12.7 Å². The maximum Gasteiger partial charge on any atom is 0.242 e. The van der Waals surface area contributed by atoms with Crippen molar-refractivity contribution >= 4 is 21.9 Å². The molecular weight excluding hydrogens is 362 g/mol. The number of benzene rings is 2. The zero-order chi connectivity index (χ0) is 19.9. The third kappa shape index (κ3) is 5.77. The van der Waals surface area contributed by atoms with Gasteiger partial charge in [-0.3, -0.25) is 4.79 Å². The molecule has 144 valence electrons. The van der Waals surface area contributed by atoms with Crippen molar-refractivity contribution in [3.8, 4) is 5.75 Å². The smallest absolute Gasteiger partial charge is 0.242 e. The number of sulfonamides is 1. The molecule has 0 fully saturated rings. The number of nitrogens with zero attached hydrogens (tertiary/aromatic N) is 1. The summed E-state index contributed by atoms with van der Waals surface area (Å²) in [6, 6.07) is 13.5. The first kappa shape index (κ1) is 20.9. The number of hydrogen-bond donors (Lipinski definition) is 0. The molecule has 0 atom stereocenters. The number of hydrogen-bond acceptors (Lipinski definition) is 4. The van der Waals surface area contributed by atoms with Gasteiger partial charge in [-0.1, -0.05) is 31.6 Å². The molecule has 0 saturated carbocycles. The van der Waals surface area contributed by atoms with Crippen LogP contribution in [0.5, 0.6) is 5.75 Å². The molecule has 27 heavy (non-hydrogen) atoms. The van der Waals surface area contributed by atoms with Crippen LogP contribution >= 0.6 is 0 Å². The van der Waals surface area contributed by atoms with E-state index in [1.165, 1.54) is 44.4 Å². The van der Waals surface area contributed by atoms with Crippen molar-refractivity contribution in [2.45, 2.75) is 24.7 Å². The third-order valence-corrected chi connectivity index (χ3v) is 5.82. The summed E-state index contributed by atoms with van der Waals surface area (Å²) in [6.45, 7) is 2.81. The summed E-state index contributed by atoms with van der Waals surface area (Å²) in [7, 11) is -0.556. The monoisotopic (exact) mass is 387 g/mol. The van der Waals surface area contributed by atoms with E-state index in [2.05, 4.69) is 6.92 Å². The molecule has 0 aliphatic rings. The van der Waals surface area contributed by atoms with Crippen LogP contribution in [-0.2, 0) is 10.0 Å². The van der Waals surface area contributed by atoms with Crippen LogP contribution < -0.4 is 4.74 Å². The minimum atomic E-state index is -3.50. The Balaban J connectivity index is 2.02. The Bertz CT molecular complexity index is 883. The van der Waals surface area contributed by atoms with Crippen LogP contribution in [0.1, 0.15) is 35.7 Å². The van der Waals surface area contributed by atoms with Crippen LogP contribution in [0.25, 0.3) is 6.08 Å². The highest BCUT2D eigenvalue weighted by Gasteiger charge is 2.17. The Labute approximate surface area is 161 Å². The van der Waals surface area contributed by atoms with Gasteiger partial charge in [0, 0.05) is 19.7 Å². The molecule has 0 N–H and O–H groups in total. The quantitative estimate of drug-likeness (QED) is 0.370. The molecule has 0 bridgehead atoms. The van der Waals surface area contributed by atoms with E-state index in [4.69, 9.17) is 4.74 Å². The molecule has 2 rings (SSSR count). The van der Waals surface area contributed by atoms with E-state index in [-0.39, 0.29) is 10.7 Å². The van der Waals surface area contributed by atoms with Crippen molar-refractivity contribution in [3.05, 3.63) is 65.7 Å². The zero-order valence-corrected chi connectivity index (χ0v) is 16.7. The Morgan fingerprint density at radius 2 is 1.67 bits per heavy atom. The average molecular weight is 388 g/mol. The summed E-state index contributed by atoms with van der Waals surface area (Å²) >= 11 is 0. The topological polar surface area (TPSA) is 63.7 Å². The highest BCUT2D eigenvalue weighted by Crippen LogP contribution is 2.16. The van der Waals surface area contributed by atoms with Gasteiger partial charge in [0.25, 0.3) is 0 Å². The highest BCUT2D eigenvalue weighted by atomic mass is 32.2. The number of carbonyl (C=O) groups is 1. The van der Waals surface area contributed by atoms with E-state index in [1.807, 2.05) is 24.3 Å². The molecule has 0 heterocycles. The lowest BCUT2D eigenvalue weighted by Gasteiger charge is -2.11. The lowest BCUT2D eigenvalue weighted by atomic mass is 10.1. The number of rotatable bonds is 9. The zero-order valence-electron chi connectivity index (χ0n) is 15.9. The van der Waals surface area contributed by atoms with Crippen molar-refractivity contribution < 1.29 is 17.9 Å². The highest BCUT2D eigenvalue weighted by molar-refractivity contribution is 7.89. The number of unbranched alkanes of at least 4 members (excludes halogenated alkanes) is 1. The fraction of sp³-hybridized carbons (Fsp3) is 0.286. The molecule has 0 unspecified atom stereocenters. The second-order valence-corrected chi connectivity index (χ2v) is 8.43. The van der Waals surface area contributed by atoms with Crippen molar-refractivity contribution in [1.82, 2.24) is 4.31 Å².